The number of aliphatic hydroxyl groups excluding tert-OH is 1. The highest BCUT2D eigenvalue weighted by Gasteiger charge is 2.46. The first-order valence-corrected chi connectivity index (χ1v) is 13.8. The van der Waals surface area contributed by atoms with Gasteiger partial charge in [0.15, 0.2) is 0 Å². The molecule has 0 spiro atoms. The van der Waals surface area contributed by atoms with E-state index >= 15 is 0 Å². The molecule has 0 aromatic heterocycles. The summed E-state index contributed by atoms with van der Waals surface area (Å²) in [4.78, 5) is 27.5. The third-order valence-corrected chi connectivity index (χ3v) is 7.68. The van der Waals surface area contributed by atoms with Gasteiger partial charge in [0.2, 0.25) is 0 Å². The van der Waals surface area contributed by atoms with Crippen molar-refractivity contribution in [3.05, 3.63) is 4.91 Å². The molecule has 4 rings (SSSR count). The molecule has 2 saturated heterocycles. The summed E-state index contributed by atoms with van der Waals surface area (Å²) < 4.78 is 5.86. The van der Waals surface area contributed by atoms with Crippen LogP contribution in [0.5, 0.6) is 0 Å². The molecule has 4 atom stereocenters. The fourth-order valence-corrected chi connectivity index (χ4v) is 6.07. The Bertz CT molecular complexity index is 647. The number of hydrogen-bond donors (Lipinski definition) is 1. The largest absolute Gasteiger partial charge is 0.393 e. The van der Waals surface area contributed by atoms with Gasteiger partial charge in [-0.2, -0.15) is 15.2 Å². The zero-order valence-electron chi connectivity index (χ0n) is 21.2. The van der Waals surface area contributed by atoms with Gasteiger partial charge in [-0.3, -0.25) is 4.99 Å². The van der Waals surface area contributed by atoms with Crippen molar-refractivity contribution in [3.8, 4) is 0 Å². The third-order valence-electron chi connectivity index (χ3n) is 6.67. The van der Waals surface area contributed by atoms with E-state index in [0.717, 1.165) is 38.8 Å². The Hall–Kier alpha value is -0.820. The molecule has 3 fully saturated rings. The van der Waals surface area contributed by atoms with Crippen molar-refractivity contribution in [3.63, 3.8) is 0 Å². The van der Waals surface area contributed by atoms with Gasteiger partial charge in [-0.15, -0.1) is 9.90 Å². The second-order valence-electron chi connectivity index (χ2n) is 9.70. The van der Waals surface area contributed by atoms with Crippen molar-refractivity contribution in [2.45, 2.75) is 83.7 Å². The molecule has 1 aliphatic carbocycles. The first-order chi connectivity index (χ1) is 16.5. The number of aliphatic hydroxyl groups is 1. The molecule has 196 valence electrons. The zero-order chi connectivity index (χ0) is 24.5. The van der Waals surface area contributed by atoms with Crippen LogP contribution in [0.25, 0.3) is 0 Å². The Morgan fingerprint density at radius 1 is 1.24 bits per heavy atom. The fraction of sp³-hybridized carbons (Fsp3) is 0.957. The minimum absolute atomic E-state index is 0.0335. The van der Waals surface area contributed by atoms with Gasteiger partial charge >= 0.3 is 0 Å². The number of hydrogen-bond acceptors (Lipinski definition) is 10. The average molecular weight is 502 g/mol. The van der Waals surface area contributed by atoms with Crippen molar-refractivity contribution < 1.29 is 19.2 Å². The average Bonchev–Trinajstić information content (AvgIpc) is 3.66. The maximum atomic E-state index is 11.6. The Labute approximate surface area is 208 Å². The van der Waals surface area contributed by atoms with Crippen molar-refractivity contribution in [1.29, 1.82) is 0 Å². The highest BCUT2D eigenvalue weighted by Crippen LogP contribution is 2.43. The second kappa shape index (κ2) is 14.1. The van der Waals surface area contributed by atoms with Gasteiger partial charge in [0.25, 0.3) is 0 Å². The van der Waals surface area contributed by atoms with Gasteiger partial charge < -0.3 is 9.29 Å². The summed E-state index contributed by atoms with van der Waals surface area (Å²) in [6, 6.07) is -0.0335. The van der Waals surface area contributed by atoms with E-state index < -0.39 is 0 Å². The van der Waals surface area contributed by atoms with Crippen LogP contribution in [0.2, 0.25) is 0 Å². The predicted octanol–water partition coefficient (Wildman–Crippen LogP) is 3.82. The van der Waals surface area contributed by atoms with Crippen LogP contribution in [-0.4, -0.2) is 82.9 Å². The van der Waals surface area contributed by atoms with Crippen molar-refractivity contribution in [1.82, 2.24) is 15.2 Å². The van der Waals surface area contributed by atoms with Crippen LogP contribution in [0.4, 0.5) is 0 Å². The molecule has 0 radical (unpaired) electrons. The van der Waals surface area contributed by atoms with Gasteiger partial charge in [0.1, 0.15) is 5.37 Å². The molecule has 0 bridgehead atoms. The van der Waals surface area contributed by atoms with E-state index in [1.54, 1.807) is 5.06 Å². The highest BCUT2D eigenvalue weighted by molar-refractivity contribution is 7.95. The molecule has 0 amide bonds. The first-order valence-electron chi connectivity index (χ1n) is 13.0. The molecular formula is C23H43N5O5S. The maximum Gasteiger partial charge on any atom is 0.111 e. The molecule has 0 aromatic rings. The molecule has 4 aliphatic rings. The molecule has 11 heteroatoms. The Balaban J connectivity index is 0.00000103. The van der Waals surface area contributed by atoms with Crippen LogP contribution >= 0.6 is 12.0 Å². The molecular weight excluding hydrogens is 458 g/mol. The van der Waals surface area contributed by atoms with Crippen LogP contribution in [0.3, 0.4) is 0 Å². The quantitative estimate of drug-likeness (QED) is 0.126. The molecule has 10 nitrogen and oxygen atoms in total. The number of nitroso groups, excluding NO2 is 1. The van der Waals surface area contributed by atoms with E-state index in [1.165, 1.54) is 29.3 Å². The normalized spacial score (nSPS) is 34.2. The monoisotopic (exact) mass is 501 g/mol. The van der Waals surface area contributed by atoms with E-state index in [0.29, 0.717) is 38.6 Å². The predicted molar refractivity (Wildman–Crippen MR) is 133 cm³/mol. The van der Waals surface area contributed by atoms with Crippen molar-refractivity contribution >= 4 is 17.8 Å². The number of aliphatic imine (C=N–C) groups is 1. The summed E-state index contributed by atoms with van der Waals surface area (Å²) in [5.41, 5.74) is 1.22. The summed E-state index contributed by atoms with van der Waals surface area (Å²) in [5, 5.41) is 18.6. The number of hydrazine groups is 1. The lowest BCUT2D eigenvalue weighted by Crippen LogP contribution is -2.53. The lowest BCUT2D eigenvalue weighted by molar-refractivity contribution is -0.389. The Kier molecular flexibility index (Phi) is 11.5. The van der Waals surface area contributed by atoms with Gasteiger partial charge in [-0.1, -0.05) is 27.2 Å². The topological polar surface area (TPSA) is 99.2 Å². The van der Waals surface area contributed by atoms with Gasteiger partial charge in [0, 0.05) is 43.3 Å². The summed E-state index contributed by atoms with van der Waals surface area (Å²) in [7, 11) is 0. The summed E-state index contributed by atoms with van der Waals surface area (Å²) in [5.74, 6) is 0.814. The second-order valence-corrected chi connectivity index (χ2v) is 10.6. The molecule has 1 saturated carbocycles. The summed E-state index contributed by atoms with van der Waals surface area (Å²) in [6.07, 6.45) is 5.27. The van der Waals surface area contributed by atoms with Gasteiger partial charge in [0.05, 0.1) is 37.2 Å². The lowest BCUT2D eigenvalue weighted by atomic mass is 9.76. The van der Waals surface area contributed by atoms with Crippen molar-refractivity contribution in [2.75, 3.05) is 39.4 Å². The fourth-order valence-electron chi connectivity index (χ4n) is 4.82. The third kappa shape index (κ3) is 7.59. The smallest absolute Gasteiger partial charge is 0.111 e. The summed E-state index contributed by atoms with van der Waals surface area (Å²) in [6.45, 7) is 12.4. The number of rotatable bonds is 9. The van der Waals surface area contributed by atoms with E-state index in [9.17, 15) is 10.0 Å². The summed E-state index contributed by atoms with van der Waals surface area (Å²) >= 11 is 1.43. The van der Waals surface area contributed by atoms with Crippen molar-refractivity contribution in [2.24, 2.45) is 28.0 Å². The van der Waals surface area contributed by atoms with Crippen LogP contribution in [0.1, 0.15) is 66.2 Å². The highest BCUT2D eigenvalue weighted by atomic mass is 32.2. The number of nitrogens with zero attached hydrogens (tertiary/aromatic N) is 5. The molecule has 34 heavy (non-hydrogen) atoms. The van der Waals surface area contributed by atoms with E-state index in [-0.39, 0.29) is 29.4 Å². The van der Waals surface area contributed by atoms with Crippen LogP contribution < -0.4 is 0 Å². The Morgan fingerprint density at radius 3 is 2.56 bits per heavy atom. The molecule has 3 heterocycles. The van der Waals surface area contributed by atoms with Crippen LogP contribution in [-0.2, 0) is 14.1 Å². The molecule has 0 aromatic carbocycles. The lowest BCUT2D eigenvalue weighted by Gasteiger charge is -2.44. The van der Waals surface area contributed by atoms with Gasteiger partial charge in [-0.05, 0) is 50.9 Å². The SMILES string of the molecule is CCC.CCN(N=O)N1CC(CCOON2CC2)N=C(C2CCC(O)CC2)C2C(C)COSC21. The standard InChI is InChI=1S/C20H35N5O5S.C3H8/c1-3-25(22-27)24-12-16(8-11-28-30-23-9-10-23)21-19(15-4-6-17(26)7-5-15)18-14(2)13-29-31-20(18)24;1-3-2/h14-18,20,26H,3-13H2,1-2H3;3H2,1-2H3. The number of fused-ring (bicyclic) bond motifs is 1. The minimum atomic E-state index is -0.204. The van der Waals surface area contributed by atoms with E-state index in [1.807, 2.05) is 11.9 Å². The van der Waals surface area contributed by atoms with E-state index in [4.69, 9.17) is 19.1 Å². The maximum absolute atomic E-state index is 11.6. The molecule has 4 unspecified atom stereocenters. The molecule has 3 aliphatic heterocycles. The number of hydroxylamine groups is 2. The van der Waals surface area contributed by atoms with E-state index in [2.05, 4.69) is 26.1 Å². The zero-order valence-corrected chi connectivity index (χ0v) is 22.0. The first kappa shape index (κ1) is 27.8. The minimum Gasteiger partial charge on any atom is -0.393 e. The van der Waals surface area contributed by atoms with Crippen LogP contribution in [0, 0.1) is 22.7 Å². The van der Waals surface area contributed by atoms with Gasteiger partial charge in [-0.25, -0.2) is 4.89 Å². The molecule has 1 N–H and O–H groups in total. The van der Waals surface area contributed by atoms with Crippen LogP contribution in [0.15, 0.2) is 10.3 Å². The Morgan fingerprint density at radius 2 is 1.94 bits per heavy atom.